The van der Waals surface area contributed by atoms with Crippen LogP contribution in [0.4, 0.5) is 4.79 Å². The molecule has 9 heteroatoms. The van der Waals surface area contributed by atoms with Crippen molar-refractivity contribution in [3.05, 3.63) is 0 Å². The Hall–Kier alpha value is -1.26. The number of rotatable bonds is 6. The van der Waals surface area contributed by atoms with Gasteiger partial charge < -0.3 is 25.2 Å². The summed E-state index contributed by atoms with van der Waals surface area (Å²) in [5, 5.41) is 6.53. The average Bonchev–Trinajstić information content (AvgIpc) is 3.19. The van der Waals surface area contributed by atoms with Crippen LogP contribution in [0.5, 0.6) is 0 Å². The van der Waals surface area contributed by atoms with Crippen molar-refractivity contribution in [1.82, 2.24) is 20.4 Å². The number of carbonyl (C=O) groups excluding carboxylic acids is 2. The van der Waals surface area contributed by atoms with Crippen LogP contribution in [0.2, 0.25) is 0 Å². The van der Waals surface area contributed by atoms with E-state index in [0.29, 0.717) is 11.9 Å². The summed E-state index contributed by atoms with van der Waals surface area (Å²) in [7, 11) is 0. The highest BCUT2D eigenvalue weighted by molar-refractivity contribution is 14.0. The third-order valence-corrected chi connectivity index (χ3v) is 5.19. The lowest BCUT2D eigenvalue weighted by molar-refractivity contribution is -0.128. The van der Waals surface area contributed by atoms with E-state index >= 15 is 0 Å². The largest absolute Gasteiger partial charge is 0.444 e. The Kier molecular flexibility index (Phi) is 11.8. The fourth-order valence-electron chi connectivity index (χ4n) is 3.74. The maximum atomic E-state index is 12.3. The van der Waals surface area contributed by atoms with Crippen LogP contribution in [-0.2, 0) is 9.53 Å². The zero-order chi connectivity index (χ0) is 21.3. The maximum absolute atomic E-state index is 12.3. The minimum absolute atomic E-state index is 0. The van der Waals surface area contributed by atoms with E-state index in [9.17, 15) is 9.59 Å². The molecule has 0 bridgehead atoms. The van der Waals surface area contributed by atoms with Crippen LogP contribution in [0.3, 0.4) is 0 Å². The van der Waals surface area contributed by atoms with Crippen LogP contribution in [0.15, 0.2) is 4.99 Å². The number of carbonyl (C=O) groups is 2. The van der Waals surface area contributed by atoms with Gasteiger partial charge in [0.2, 0.25) is 5.91 Å². The standard InChI is InChI=1S/C21H39N5O3.HI/c1-5-22-19(24-15-18(27)25-12-6-7-13-25)23-11-10-17-9-8-14-26(16-17)20(28)29-21(2,3)4;/h17H,5-16H2,1-4H3,(H2,22,23,24);1H. The van der Waals surface area contributed by atoms with E-state index in [1.54, 1.807) is 0 Å². The van der Waals surface area contributed by atoms with Gasteiger partial charge in [-0.2, -0.15) is 0 Å². The molecule has 0 aliphatic carbocycles. The lowest BCUT2D eigenvalue weighted by Gasteiger charge is -2.34. The van der Waals surface area contributed by atoms with Gasteiger partial charge in [0.15, 0.2) is 5.96 Å². The van der Waals surface area contributed by atoms with E-state index < -0.39 is 5.60 Å². The van der Waals surface area contributed by atoms with Crippen LogP contribution >= 0.6 is 24.0 Å². The third kappa shape index (κ3) is 9.70. The third-order valence-electron chi connectivity index (χ3n) is 5.19. The molecule has 30 heavy (non-hydrogen) atoms. The van der Waals surface area contributed by atoms with E-state index in [-0.39, 0.29) is 42.5 Å². The number of likely N-dealkylation sites (tertiary alicyclic amines) is 2. The number of nitrogens with zero attached hydrogens (tertiary/aromatic N) is 3. The molecule has 2 saturated heterocycles. The predicted octanol–water partition coefficient (Wildman–Crippen LogP) is 2.82. The summed E-state index contributed by atoms with van der Waals surface area (Å²) in [6.07, 6.45) is 5.03. The molecule has 2 aliphatic rings. The van der Waals surface area contributed by atoms with Crippen LogP contribution in [0.1, 0.15) is 59.8 Å². The van der Waals surface area contributed by atoms with Gasteiger partial charge in [0, 0.05) is 39.3 Å². The summed E-state index contributed by atoms with van der Waals surface area (Å²) in [4.78, 5) is 32.7. The molecule has 1 unspecified atom stereocenters. The Bertz CT molecular complexity index is 573. The van der Waals surface area contributed by atoms with Crippen molar-refractivity contribution in [3.63, 3.8) is 0 Å². The normalized spacial score (nSPS) is 19.9. The van der Waals surface area contributed by atoms with Crippen LogP contribution in [0.25, 0.3) is 0 Å². The fourth-order valence-corrected chi connectivity index (χ4v) is 3.74. The number of guanidine groups is 1. The lowest BCUT2D eigenvalue weighted by atomic mass is 9.95. The van der Waals surface area contributed by atoms with Crippen molar-refractivity contribution >= 4 is 41.9 Å². The Balaban J connectivity index is 0.00000450. The molecule has 174 valence electrons. The number of aliphatic imine (C=N–C) groups is 1. The lowest BCUT2D eigenvalue weighted by Crippen LogP contribution is -2.44. The molecule has 2 N–H and O–H groups in total. The van der Waals surface area contributed by atoms with Gasteiger partial charge in [-0.3, -0.25) is 4.79 Å². The number of ether oxygens (including phenoxy) is 1. The number of piperidine rings is 1. The molecule has 2 heterocycles. The first kappa shape index (κ1) is 26.8. The number of hydrogen-bond acceptors (Lipinski definition) is 4. The molecule has 0 aromatic carbocycles. The van der Waals surface area contributed by atoms with Gasteiger partial charge in [-0.1, -0.05) is 0 Å². The number of amides is 2. The second kappa shape index (κ2) is 13.2. The first-order chi connectivity index (χ1) is 13.8. The predicted molar refractivity (Wildman–Crippen MR) is 130 cm³/mol. The zero-order valence-corrected chi connectivity index (χ0v) is 21.4. The van der Waals surface area contributed by atoms with E-state index in [2.05, 4.69) is 15.6 Å². The maximum Gasteiger partial charge on any atom is 0.410 e. The van der Waals surface area contributed by atoms with Gasteiger partial charge in [-0.15, -0.1) is 24.0 Å². The van der Waals surface area contributed by atoms with Crippen molar-refractivity contribution in [2.24, 2.45) is 10.9 Å². The highest BCUT2D eigenvalue weighted by atomic mass is 127. The highest BCUT2D eigenvalue weighted by Gasteiger charge is 2.27. The Labute approximate surface area is 198 Å². The van der Waals surface area contributed by atoms with Gasteiger partial charge in [0.25, 0.3) is 0 Å². The molecule has 1 atom stereocenters. The number of halogens is 1. The van der Waals surface area contributed by atoms with Crippen LogP contribution in [0, 0.1) is 5.92 Å². The number of nitrogens with one attached hydrogen (secondary N) is 2. The van der Waals surface area contributed by atoms with Gasteiger partial charge >= 0.3 is 6.09 Å². The molecule has 0 spiro atoms. The SMILES string of the molecule is CCNC(=NCC(=O)N1CCCC1)NCCC1CCCN(C(=O)OC(C)(C)C)C1.I. The van der Waals surface area contributed by atoms with Gasteiger partial charge in [0.05, 0.1) is 0 Å². The second-order valence-corrected chi connectivity index (χ2v) is 8.93. The molecule has 8 nitrogen and oxygen atoms in total. The molecule has 0 aromatic heterocycles. The van der Waals surface area contributed by atoms with E-state index in [1.165, 1.54) is 0 Å². The van der Waals surface area contributed by atoms with Gasteiger partial charge in [-0.25, -0.2) is 9.79 Å². The molecule has 2 amide bonds. The van der Waals surface area contributed by atoms with Crippen molar-refractivity contribution in [2.75, 3.05) is 45.8 Å². The topological polar surface area (TPSA) is 86.3 Å². The minimum atomic E-state index is -0.463. The van der Waals surface area contributed by atoms with Crippen molar-refractivity contribution in [2.45, 2.75) is 65.4 Å². The number of hydrogen-bond donors (Lipinski definition) is 2. The van der Waals surface area contributed by atoms with E-state index in [4.69, 9.17) is 4.74 Å². The average molecular weight is 537 g/mol. The molecular formula is C21H40IN5O3. The fraction of sp³-hybridized carbons (Fsp3) is 0.857. The van der Waals surface area contributed by atoms with Crippen LogP contribution < -0.4 is 10.6 Å². The summed E-state index contributed by atoms with van der Waals surface area (Å²) >= 11 is 0. The Morgan fingerprint density at radius 3 is 2.37 bits per heavy atom. The van der Waals surface area contributed by atoms with Crippen LogP contribution in [-0.4, -0.2) is 79.2 Å². The Morgan fingerprint density at radius 1 is 1.07 bits per heavy atom. The van der Waals surface area contributed by atoms with Gasteiger partial charge in [0.1, 0.15) is 12.1 Å². The molecule has 0 saturated carbocycles. The molecule has 0 aromatic rings. The van der Waals surface area contributed by atoms with Crippen molar-refractivity contribution < 1.29 is 14.3 Å². The molecule has 2 fully saturated rings. The van der Waals surface area contributed by atoms with E-state index in [0.717, 1.165) is 71.4 Å². The van der Waals surface area contributed by atoms with Crippen molar-refractivity contribution in [3.8, 4) is 0 Å². The first-order valence-electron chi connectivity index (χ1n) is 11.1. The summed E-state index contributed by atoms with van der Waals surface area (Å²) in [5.41, 5.74) is -0.463. The smallest absolute Gasteiger partial charge is 0.410 e. The zero-order valence-electron chi connectivity index (χ0n) is 19.0. The molecule has 2 rings (SSSR count). The molecular weight excluding hydrogens is 497 g/mol. The quantitative estimate of drug-likeness (QED) is 0.309. The van der Waals surface area contributed by atoms with Crippen molar-refractivity contribution in [1.29, 1.82) is 0 Å². The second-order valence-electron chi connectivity index (χ2n) is 8.93. The van der Waals surface area contributed by atoms with E-state index in [1.807, 2.05) is 37.5 Å². The molecule has 2 aliphatic heterocycles. The minimum Gasteiger partial charge on any atom is -0.444 e. The first-order valence-corrected chi connectivity index (χ1v) is 11.1. The monoisotopic (exact) mass is 537 g/mol. The molecule has 0 radical (unpaired) electrons. The highest BCUT2D eigenvalue weighted by Crippen LogP contribution is 2.21. The van der Waals surface area contributed by atoms with Gasteiger partial charge in [-0.05, 0) is 65.7 Å². The summed E-state index contributed by atoms with van der Waals surface area (Å²) < 4.78 is 5.50. The Morgan fingerprint density at radius 2 is 1.73 bits per heavy atom. The summed E-state index contributed by atoms with van der Waals surface area (Å²) in [5.74, 6) is 1.22. The summed E-state index contributed by atoms with van der Waals surface area (Å²) in [6, 6.07) is 0. The summed E-state index contributed by atoms with van der Waals surface area (Å²) in [6.45, 7) is 12.6.